The predicted octanol–water partition coefficient (Wildman–Crippen LogP) is 2.11. The van der Waals surface area contributed by atoms with Crippen LogP contribution < -0.4 is 10.6 Å². The molecule has 0 saturated carbocycles. The summed E-state index contributed by atoms with van der Waals surface area (Å²) < 4.78 is 0. The third-order valence-corrected chi connectivity index (χ3v) is 3.62. The van der Waals surface area contributed by atoms with Gasteiger partial charge in [0.15, 0.2) is 0 Å². The number of benzene rings is 1. The third kappa shape index (κ3) is 5.15. The van der Waals surface area contributed by atoms with Crippen LogP contribution >= 0.6 is 0 Å². The first-order valence-electron chi connectivity index (χ1n) is 7.78. The second-order valence-electron chi connectivity index (χ2n) is 5.57. The Labute approximate surface area is 132 Å². The van der Waals surface area contributed by atoms with Gasteiger partial charge < -0.3 is 15.7 Å². The zero-order chi connectivity index (χ0) is 16.6. The first-order chi connectivity index (χ1) is 10.5. The fourth-order valence-electron chi connectivity index (χ4n) is 2.53. The van der Waals surface area contributed by atoms with E-state index in [0.29, 0.717) is 24.0 Å². The summed E-state index contributed by atoms with van der Waals surface area (Å²) in [7, 11) is 1.55. The summed E-state index contributed by atoms with van der Waals surface area (Å²) in [6.45, 7) is 4.24. The van der Waals surface area contributed by atoms with Crippen molar-refractivity contribution < 1.29 is 14.7 Å². The first kappa shape index (κ1) is 18.2. The van der Waals surface area contributed by atoms with Gasteiger partial charge in [0.05, 0.1) is 5.60 Å². The molecule has 0 heterocycles. The smallest absolute Gasteiger partial charge is 0.251 e. The van der Waals surface area contributed by atoms with Gasteiger partial charge in [0, 0.05) is 24.7 Å². The third-order valence-electron chi connectivity index (χ3n) is 3.62. The number of aliphatic hydroxyl groups is 1. The van der Waals surface area contributed by atoms with Gasteiger partial charge in [-0.2, -0.15) is 0 Å². The summed E-state index contributed by atoms with van der Waals surface area (Å²) in [6.07, 6.45) is 3.02. The van der Waals surface area contributed by atoms with Gasteiger partial charge in [0.25, 0.3) is 11.8 Å². The van der Waals surface area contributed by atoms with Gasteiger partial charge >= 0.3 is 0 Å². The van der Waals surface area contributed by atoms with Crippen LogP contribution in [-0.2, 0) is 0 Å². The molecule has 3 N–H and O–H groups in total. The standard InChI is InChI=1S/C17H26N2O3/c1-4-9-17(22,10-5-2)12-19-16(21)14-8-6-7-13(11-14)15(20)18-3/h6-8,11,22H,4-5,9-10,12H2,1-3H3,(H,18,20)(H,19,21). The van der Waals surface area contributed by atoms with Crippen LogP contribution in [0.25, 0.3) is 0 Å². The molecule has 22 heavy (non-hydrogen) atoms. The quantitative estimate of drug-likeness (QED) is 0.688. The highest BCUT2D eigenvalue weighted by atomic mass is 16.3. The Kier molecular flexibility index (Phi) is 7.05. The summed E-state index contributed by atoms with van der Waals surface area (Å²) >= 11 is 0. The Balaban J connectivity index is 2.74. The molecule has 0 aliphatic heterocycles. The highest BCUT2D eigenvalue weighted by Crippen LogP contribution is 2.18. The molecule has 0 aliphatic rings. The second kappa shape index (κ2) is 8.54. The minimum absolute atomic E-state index is 0.220. The van der Waals surface area contributed by atoms with Crippen molar-refractivity contribution in [3.05, 3.63) is 35.4 Å². The lowest BCUT2D eigenvalue weighted by molar-refractivity contribution is 0.0213. The van der Waals surface area contributed by atoms with Crippen molar-refractivity contribution in [3.63, 3.8) is 0 Å². The van der Waals surface area contributed by atoms with Crippen molar-refractivity contribution in [1.82, 2.24) is 10.6 Å². The maximum atomic E-state index is 12.2. The van der Waals surface area contributed by atoms with Crippen LogP contribution in [0.3, 0.4) is 0 Å². The van der Waals surface area contributed by atoms with Gasteiger partial charge in [-0.05, 0) is 31.0 Å². The molecule has 0 saturated heterocycles. The molecule has 1 rings (SSSR count). The number of hydrogen-bond acceptors (Lipinski definition) is 3. The highest BCUT2D eigenvalue weighted by Gasteiger charge is 2.25. The monoisotopic (exact) mass is 306 g/mol. The molecule has 1 aromatic carbocycles. The zero-order valence-corrected chi connectivity index (χ0v) is 13.6. The average Bonchev–Trinajstić information content (AvgIpc) is 2.52. The molecular formula is C17H26N2O3. The summed E-state index contributed by atoms with van der Waals surface area (Å²) in [5.41, 5.74) is -0.0126. The number of carbonyl (C=O) groups excluding carboxylic acids is 2. The normalized spacial score (nSPS) is 11.1. The molecule has 0 atom stereocenters. The van der Waals surface area contributed by atoms with E-state index in [-0.39, 0.29) is 18.4 Å². The Morgan fingerprint density at radius 1 is 1.09 bits per heavy atom. The average molecular weight is 306 g/mol. The Hall–Kier alpha value is -1.88. The lowest BCUT2D eigenvalue weighted by Gasteiger charge is -2.27. The molecule has 0 aromatic heterocycles. The first-order valence-corrected chi connectivity index (χ1v) is 7.78. The van der Waals surface area contributed by atoms with Crippen molar-refractivity contribution in [2.45, 2.75) is 45.1 Å². The number of nitrogens with one attached hydrogen (secondary N) is 2. The van der Waals surface area contributed by atoms with Gasteiger partial charge in [-0.3, -0.25) is 9.59 Å². The highest BCUT2D eigenvalue weighted by molar-refractivity contribution is 5.99. The molecule has 0 unspecified atom stereocenters. The van der Waals surface area contributed by atoms with Crippen molar-refractivity contribution in [2.75, 3.05) is 13.6 Å². The minimum Gasteiger partial charge on any atom is -0.388 e. The topological polar surface area (TPSA) is 78.4 Å². The van der Waals surface area contributed by atoms with Gasteiger partial charge in [0.2, 0.25) is 0 Å². The van der Waals surface area contributed by atoms with E-state index in [2.05, 4.69) is 10.6 Å². The summed E-state index contributed by atoms with van der Waals surface area (Å²) in [6, 6.07) is 6.53. The van der Waals surface area contributed by atoms with Crippen LogP contribution in [0.2, 0.25) is 0 Å². The Morgan fingerprint density at radius 3 is 2.14 bits per heavy atom. The van der Waals surface area contributed by atoms with Crippen molar-refractivity contribution in [3.8, 4) is 0 Å². The van der Waals surface area contributed by atoms with Crippen molar-refractivity contribution in [2.24, 2.45) is 0 Å². The molecular weight excluding hydrogens is 280 g/mol. The maximum absolute atomic E-state index is 12.2. The lowest BCUT2D eigenvalue weighted by atomic mass is 9.92. The molecule has 0 aliphatic carbocycles. The van der Waals surface area contributed by atoms with Gasteiger partial charge in [0.1, 0.15) is 0 Å². The summed E-state index contributed by atoms with van der Waals surface area (Å²) in [5, 5.41) is 15.8. The van der Waals surface area contributed by atoms with Crippen LogP contribution in [0, 0.1) is 0 Å². The van der Waals surface area contributed by atoms with Crippen LogP contribution in [0.4, 0.5) is 0 Å². The number of carbonyl (C=O) groups is 2. The number of rotatable bonds is 8. The van der Waals surface area contributed by atoms with Gasteiger partial charge in [-0.1, -0.05) is 32.8 Å². The molecule has 2 amide bonds. The fourth-order valence-corrected chi connectivity index (χ4v) is 2.53. The zero-order valence-electron chi connectivity index (χ0n) is 13.6. The molecule has 0 spiro atoms. The van der Waals surface area contributed by atoms with Crippen LogP contribution in [-0.4, -0.2) is 36.1 Å². The van der Waals surface area contributed by atoms with Crippen LogP contribution in [0.1, 0.15) is 60.2 Å². The Bertz CT molecular complexity index is 508. The summed E-state index contributed by atoms with van der Waals surface area (Å²) in [5.74, 6) is -0.514. The van der Waals surface area contributed by atoms with E-state index in [1.165, 1.54) is 0 Å². The lowest BCUT2D eigenvalue weighted by Crippen LogP contribution is -2.42. The fraction of sp³-hybridized carbons (Fsp3) is 0.529. The van der Waals surface area contributed by atoms with Gasteiger partial charge in [-0.15, -0.1) is 0 Å². The van der Waals surface area contributed by atoms with Crippen molar-refractivity contribution in [1.29, 1.82) is 0 Å². The molecule has 0 radical (unpaired) electrons. The second-order valence-corrected chi connectivity index (χ2v) is 5.57. The molecule has 5 nitrogen and oxygen atoms in total. The SMILES string of the molecule is CCCC(O)(CCC)CNC(=O)c1cccc(C(=O)NC)c1. The maximum Gasteiger partial charge on any atom is 0.251 e. The Morgan fingerprint density at radius 2 is 1.64 bits per heavy atom. The molecule has 5 heteroatoms. The molecule has 0 bridgehead atoms. The predicted molar refractivity (Wildman–Crippen MR) is 86.9 cm³/mol. The van der Waals surface area contributed by atoms with E-state index in [1.807, 2.05) is 13.8 Å². The van der Waals surface area contributed by atoms with E-state index in [0.717, 1.165) is 12.8 Å². The van der Waals surface area contributed by atoms with E-state index >= 15 is 0 Å². The van der Waals surface area contributed by atoms with E-state index in [1.54, 1.807) is 31.3 Å². The summed E-state index contributed by atoms with van der Waals surface area (Å²) in [4.78, 5) is 23.8. The van der Waals surface area contributed by atoms with Crippen molar-refractivity contribution >= 4 is 11.8 Å². The van der Waals surface area contributed by atoms with E-state index in [9.17, 15) is 14.7 Å². The molecule has 0 fully saturated rings. The number of amides is 2. The largest absolute Gasteiger partial charge is 0.388 e. The van der Waals surface area contributed by atoms with Crippen LogP contribution in [0.5, 0.6) is 0 Å². The molecule has 1 aromatic rings. The van der Waals surface area contributed by atoms with E-state index < -0.39 is 5.60 Å². The van der Waals surface area contributed by atoms with Crippen LogP contribution in [0.15, 0.2) is 24.3 Å². The van der Waals surface area contributed by atoms with Gasteiger partial charge in [-0.25, -0.2) is 0 Å². The molecule has 122 valence electrons. The number of hydrogen-bond donors (Lipinski definition) is 3. The van der Waals surface area contributed by atoms with E-state index in [4.69, 9.17) is 0 Å². The minimum atomic E-state index is -0.864.